The van der Waals surface area contributed by atoms with Crippen molar-refractivity contribution in [3.63, 3.8) is 0 Å². The predicted octanol–water partition coefficient (Wildman–Crippen LogP) is 1.79. The zero-order chi connectivity index (χ0) is 21.3. The summed E-state index contributed by atoms with van der Waals surface area (Å²) in [4.78, 5) is 12.0. The van der Waals surface area contributed by atoms with Gasteiger partial charge in [0.2, 0.25) is 15.1 Å². The zero-order valence-electron chi connectivity index (χ0n) is 15.5. The number of furan rings is 1. The van der Waals surface area contributed by atoms with E-state index in [1.165, 1.54) is 52.5 Å². The van der Waals surface area contributed by atoms with Crippen molar-refractivity contribution in [1.82, 2.24) is 8.61 Å². The summed E-state index contributed by atoms with van der Waals surface area (Å²) < 4.78 is 60.7. The summed E-state index contributed by atoms with van der Waals surface area (Å²) in [5.41, 5.74) is -0.0301. The van der Waals surface area contributed by atoms with Crippen LogP contribution < -0.4 is 0 Å². The highest BCUT2D eigenvalue weighted by molar-refractivity contribution is 7.89. The molecule has 0 aliphatic rings. The lowest BCUT2D eigenvalue weighted by Gasteiger charge is -2.13. The van der Waals surface area contributed by atoms with Crippen molar-refractivity contribution in [2.75, 3.05) is 28.2 Å². The number of carbonyl (C=O) groups is 1. The van der Waals surface area contributed by atoms with Gasteiger partial charge in [-0.25, -0.2) is 30.2 Å². The van der Waals surface area contributed by atoms with Gasteiger partial charge in [0, 0.05) is 28.2 Å². The topological polar surface area (TPSA) is 114 Å². The smallest absolute Gasteiger partial charge is 0.338 e. The van der Waals surface area contributed by atoms with E-state index in [0.717, 1.165) is 14.7 Å². The Labute approximate surface area is 168 Å². The molecular formula is C16H19ClN2O7S2. The Morgan fingerprint density at radius 3 is 2.18 bits per heavy atom. The molecule has 154 valence electrons. The van der Waals surface area contributed by atoms with Crippen LogP contribution in [-0.4, -0.2) is 59.6 Å². The van der Waals surface area contributed by atoms with Gasteiger partial charge in [-0.2, -0.15) is 0 Å². The van der Waals surface area contributed by atoms with Crippen LogP contribution in [0.2, 0.25) is 5.02 Å². The third-order valence-corrected chi connectivity index (χ3v) is 7.63. The molecule has 0 saturated carbocycles. The molecule has 0 aliphatic heterocycles. The first-order valence-corrected chi connectivity index (χ1v) is 11.0. The summed E-state index contributed by atoms with van der Waals surface area (Å²) in [6.07, 6.45) is 0. The second kappa shape index (κ2) is 8.21. The average Bonchev–Trinajstić information content (AvgIpc) is 3.09. The van der Waals surface area contributed by atoms with E-state index < -0.39 is 26.0 Å². The van der Waals surface area contributed by atoms with E-state index in [-0.39, 0.29) is 32.9 Å². The van der Waals surface area contributed by atoms with Gasteiger partial charge in [-0.15, -0.1) is 0 Å². The lowest BCUT2D eigenvalue weighted by atomic mass is 10.2. The van der Waals surface area contributed by atoms with Crippen molar-refractivity contribution >= 4 is 37.6 Å². The lowest BCUT2D eigenvalue weighted by Crippen LogP contribution is -2.23. The number of benzene rings is 1. The normalized spacial score (nSPS) is 12.5. The summed E-state index contributed by atoms with van der Waals surface area (Å²) in [5, 5.41) is -0.316. The van der Waals surface area contributed by atoms with Crippen LogP contribution in [0.15, 0.2) is 44.7 Å². The molecule has 2 aromatic rings. The maximum atomic E-state index is 12.3. The predicted molar refractivity (Wildman–Crippen MR) is 101 cm³/mol. The highest BCUT2D eigenvalue weighted by Crippen LogP contribution is 2.25. The van der Waals surface area contributed by atoms with Gasteiger partial charge >= 0.3 is 5.97 Å². The maximum absolute atomic E-state index is 12.3. The van der Waals surface area contributed by atoms with Crippen LogP contribution in [-0.2, 0) is 31.4 Å². The minimum absolute atomic E-state index is 0.0301. The summed E-state index contributed by atoms with van der Waals surface area (Å²) in [5.74, 6) is -0.704. The molecule has 28 heavy (non-hydrogen) atoms. The Kier molecular flexibility index (Phi) is 6.56. The van der Waals surface area contributed by atoms with E-state index in [9.17, 15) is 21.6 Å². The molecule has 12 heteroatoms. The van der Waals surface area contributed by atoms with E-state index in [0.29, 0.717) is 0 Å². The number of carbonyl (C=O) groups excluding carboxylic acids is 1. The van der Waals surface area contributed by atoms with Gasteiger partial charge in [0.1, 0.15) is 17.3 Å². The number of sulfonamides is 2. The first kappa shape index (κ1) is 22.4. The number of hydrogen-bond donors (Lipinski definition) is 0. The van der Waals surface area contributed by atoms with Crippen molar-refractivity contribution in [2.45, 2.75) is 16.6 Å². The number of nitrogens with zero attached hydrogens (tertiary/aromatic N) is 2. The van der Waals surface area contributed by atoms with Crippen LogP contribution in [0.3, 0.4) is 0 Å². The van der Waals surface area contributed by atoms with Crippen molar-refractivity contribution in [3.8, 4) is 0 Å². The molecule has 1 aromatic heterocycles. The summed E-state index contributed by atoms with van der Waals surface area (Å²) in [6, 6.07) is 6.34. The molecule has 0 atom stereocenters. The second-order valence-electron chi connectivity index (χ2n) is 6.02. The standard InChI is InChI=1S/C16H19ClN2O7S2/c1-18(2)27(21,22)14-9-11(5-7-13(14)17)16(20)25-10-12-6-8-15(26-12)28(23,24)19(3)4/h5-9H,10H2,1-4H3. The average molecular weight is 451 g/mol. The molecular weight excluding hydrogens is 432 g/mol. The molecule has 0 aliphatic carbocycles. The third-order valence-electron chi connectivity index (χ3n) is 3.64. The van der Waals surface area contributed by atoms with E-state index in [1.54, 1.807) is 0 Å². The molecule has 1 aromatic carbocycles. The molecule has 0 spiro atoms. The first-order chi connectivity index (χ1) is 12.9. The van der Waals surface area contributed by atoms with E-state index >= 15 is 0 Å². The highest BCUT2D eigenvalue weighted by atomic mass is 35.5. The van der Waals surface area contributed by atoms with Crippen LogP contribution in [0, 0.1) is 0 Å². The van der Waals surface area contributed by atoms with Crippen LogP contribution >= 0.6 is 11.6 Å². The molecule has 9 nitrogen and oxygen atoms in total. The van der Waals surface area contributed by atoms with Crippen molar-refractivity contribution < 1.29 is 30.8 Å². The minimum atomic E-state index is -3.85. The van der Waals surface area contributed by atoms with Gasteiger partial charge in [-0.05, 0) is 30.3 Å². The van der Waals surface area contributed by atoms with Crippen LogP contribution in [0.25, 0.3) is 0 Å². The van der Waals surface area contributed by atoms with Crippen molar-refractivity contribution in [2.24, 2.45) is 0 Å². The van der Waals surface area contributed by atoms with Crippen molar-refractivity contribution in [3.05, 3.63) is 46.7 Å². The van der Waals surface area contributed by atoms with E-state index in [1.807, 2.05) is 0 Å². The summed E-state index contributed by atoms with van der Waals surface area (Å²) in [6.45, 7) is -0.333. The Morgan fingerprint density at radius 2 is 1.61 bits per heavy atom. The van der Waals surface area contributed by atoms with E-state index in [4.69, 9.17) is 20.8 Å². The Morgan fingerprint density at radius 1 is 1.00 bits per heavy atom. The second-order valence-corrected chi connectivity index (χ2v) is 10.6. The SMILES string of the molecule is CN(C)S(=O)(=O)c1ccc(COC(=O)c2ccc(Cl)c(S(=O)(=O)N(C)C)c2)o1. The molecule has 1 heterocycles. The molecule has 0 saturated heterocycles. The summed E-state index contributed by atoms with van der Waals surface area (Å²) >= 11 is 5.94. The van der Waals surface area contributed by atoms with Crippen LogP contribution in [0.5, 0.6) is 0 Å². The van der Waals surface area contributed by atoms with Gasteiger partial charge in [0.05, 0.1) is 10.6 Å². The zero-order valence-corrected chi connectivity index (χ0v) is 17.9. The number of esters is 1. The largest absolute Gasteiger partial charge is 0.454 e. The van der Waals surface area contributed by atoms with Gasteiger partial charge in [-0.1, -0.05) is 11.6 Å². The lowest BCUT2D eigenvalue weighted by molar-refractivity contribution is 0.0440. The third kappa shape index (κ3) is 4.55. The molecule has 0 amide bonds. The fourth-order valence-electron chi connectivity index (χ4n) is 2.00. The summed E-state index contributed by atoms with van der Waals surface area (Å²) in [7, 11) is -2.19. The Hall–Kier alpha value is -1.92. The first-order valence-electron chi connectivity index (χ1n) is 7.78. The van der Waals surface area contributed by atoms with Crippen LogP contribution in [0.4, 0.5) is 0 Å². The Balaban J connectivity index is 2.18. The Bertz CT molecular complexity index is 1090. The molecule has 0 bridgehead atoms. The van der Waals surface area contributed by atoms with Gasteiger partial charge in [0.25, 0.3) is 10.0 Å². The van der Waals surface area contributed by atoms with E-state index in [2.05, 4.69) is 0 Å². The van der Waals surface area contributed by atoms with Gasteiger partial charge < -0.3 is 9.15 Å². The minimum Gasteiger partial charge on any atom is -0.454 e. The molecule has 0 radical (unpaired) electrons. The number of ether oxygens (including phenoxy) is 1. The molecule has 0 N–H and O–H groups in total. The number of halogens is 1. The quantitative estimate of drug-likeness (QED) is 0.590. The molecule has 0 unspecified atom stereocenters. The number of hydrogen-bond acceptors (Lipinski definition) is 7. The van der Waals surface area contributed by atoms with Gasteiger partial charge in [0.15, 0.2) is 0 Å². The number of rotatable bonds is 7. The maximum Gasteiger partial charge on any atom is 0.338 e. The molecule has 0 fully saturated rings. The fraction of sp³-hybridized carbons (Fsp3) is 0.312. The van der Waals surface area contributed by atoms with Crippen molar-refractivity contribution in [1.29, 1.82) is 0 Å². The molecule has 2 rings (SSSR count). The highest BCUT2D eigenvalue weighted by Gasteiger charge is 2.24. The monoisotopic (exact) mass is 450 g/mol. The van der Waals surface area contributed by atoms with Gasteiger partial charge in [-0.3, -0.25) is 0 Å². The van der Waals surface area contributed by atoms with Crippen LogP contribution in [0.1, 0.15) is 16.1 Å². The fourth-order valence-corrected chi connectivity index (χ4v) is 4.21.